The van der Waals surface area contributed by atoms with E-state index in [9.17, 15) is 9.18 Å². The third-order valence-corrected chi connectivity index (χ3v) is 4.48. The van der Waals surface area contributed by atoms with Crippen LogP contribution in [0.25, 0.3) is 10.1 Å². The molecule has 1 N–H and O–H groups in total. The zero-order valence-corrected chi connectivity index (χ0v) is 13.2. The normalized spacial score (nSPS) is 11.0. The van der Waals surface area contributed by atoms with Crippen molar-refractivity contribution in [3.8, 4) is 0 Å². The summed E-state index contributed by atoms with van der Waals surface area (Å²) in [6.45, 7) is 1.53. The molecule has 1 aromatic carbocycles. The predicted octanol–water partition coefficient (Wildman–Crippen LogP) is 2.48. The van der Waals surface area contributed by atoms with Gasteiger partial charge in [0.25, 0.3) is 5.91 Å². The Hall–Kier alpha value is -1.50. The van der Waals surface area contributed by atoms with Crippen LogP contribution in [0.3, 0.4) is 0 Å². The molecule has 0 bridgehead atoms. The maximum absolute atomic E-state index is 14.1. The Morgan fingerprint density at radius 1 is 1.48 bits per heavy atom. The van der Waals surface area contributed by atoms with Gasteiger partial charge in [0, 0.05) is 42.9 Å². The van der Waals surface area contributed by atoms with Crippen molar-refractivity contribution in [2.45, 2.75) is 6.61 Å². The number of ether oxygens (including phenoxy) is 1. The highest BCUT2D eigenvalue weighted by Crippen LogP contribution is 2.34. The van der Waals surface area contributed by atoms with Gasteiger partial charge in [-0.25, -0.2) is 4.39 Å². The molecule has 1 aromatic heterocycles. The summed E-state index contributed by atoms with van der Waals surface area (Å²) >= 11 is 1.32. The Bertz CT molecular complexity index is 642. The Morgan fingerprint density at radius 3 is 2.90 bits per heavy atom. The SMILES string of the molecule is CNCCN(C)C(=O)c1sc2cccc(F)c2c1COC. The number of amides is 1. The molecule has 0 spiro atoms. The lowest BCUT2D eigenvalue weighted by atomic mass is 10.1. The summed E-state index contributed by atoms with van der Waals surface area (Å²) in [6.07, 6.45) is 0. The third-order valence-electron chi connectivity index (χ3n) is 3.29. The molecule has 0 aliphatic heterocycles. The molecule has 0 saturated heterocycles. The second-order valence-electron chi connectivity index (χ2n) is 4.79. The van der Waals surface area contributed by atoms with E-state index in [2.05, 4.69) is 5.32 Å². The topological polar surface area (TPSA) is 41.6 Å². The van der Waals surface area contributed by atoms with Gasteiger partial charge in [0.05, 0.1) is 11.5 Å². The van der Waals surface area contributed by atoms with E-state index >= 15 is 0 Å². The van der Waals surface area contributed by atoms with Crippen LogP contribution in [0.4, 0.5) is 4.39 Å². The highest BCUT2D eigenvalue weighted by atomic mass is 32.1. The highest BCUT2D eigenvalue weighted by Gasteiger charge is 2.22. The Balaban J connectivity index is 2.45. The second kappa shape index (κ2) is 6.98. The summed E-state index contributed by atoms with van der Waals surface area (Å²) in [5.74, 6) is -0.411. The summed E-state index contributed by atoms with van der Waals surface area (Å²) in [7, 11) is 5.13. The lowest BCUT2D eigenvalue weighted by molar-refractivity contribution is 0.0797. The summed E-state index contributed by atoms with van der Waals surface area (Å²) in [6, 6.07) is 4.89. The van der Waals surface area contributed by atoms with Crippen LogP contribution in [0.5, 0.6) is 0 Å². The second-order valence-corrected chi connectivity index (χ2v) is 5.84. The van der Waals surface area contributed by atoms with Crippen molar-refractivity contribution in [3.05, 3.63) is 34.5 Å². The van der Waals surface area contributed by atoms with Crippen LogP contribution in [0, 0.1) is 5.82 Å². The molecule has 6 heteroatoms. The van der Waals surface area contributed by atoms with E-state index in [4.69, 9.17) is 4.74 Å². The van der Waals surface area contributed by atoms with Gasteiger partial charge in [0.15, 0.2) is 0 Å². The molecule has 114 valence electrons. The number of nitrogens with one attached hydrogen (secondary N) is 1. The molecule has 0 fully saturated rings. The number of methoxy groups -OCH3 is 1. The van der Waals surface area contributed by atoms with E-state index < -0.39 is 0 Å². The molecular formula is C15H19FN2O2S. The summed E-state index contributed by atoms with van der Waals surface area (Å²) in [4.78, 5) is 14.7. The molecule has 1 heterocycles. The number of carbonyl (C=O) groups is 1. The van der Waals surface area contributed by atoms with Gasteiger partial charge in [0.2, 0.25) is 0 Å². The van der Waals surface area contributed by atoms with Gasteiger partial charge >= 0.3 is 0 Å². The Morgan fingerprint density at radius 2 is 2.24 bits per heavy atom. The summed E-state index contributed by atoms with van der Waals surface area (Å²) in [5.41, 5.74) is 0.636. The van der Waals surface area contributed by atoms with Crippen LogP contribution in [0.1, 0.15) is 15.2 Å². The first-order valence-electron chi connectivity index (χ1n) is 6.69. The minimum Gasteiger partial charge on any atom is -0.380 e. The van der Waals surface area contributed by atoms with E-state index in [-0.39, 0.29) is 18.3 Å². The van der Waals surface area contributed by atoms with Gasteiger partial charge in [-0.05, 0) is 19.2 Å². The fraction of sp³-hybridized carbons (Fsp3) is 0.400. The van der Waals surface area contributed by atoms with Crippen LogP contribution >= 0.6 is 11.3 Å². The van der Waals surface area contributed by atoms with Crippen LogP contribution in [0.15, 0.2) is 18.2 Å². The van der Waals surface area contributed by atoms with Crippen molar-refractivity contribution < 1.29 is 13.9 Å². The molecule has 0 atom stereocenters. The zero-order valence-electron chi connectivity index (χ0n) is 12.4. The number of likely N-dealkylation sites (N-methyl/N-ethyl adjacent to an activating group) is 2. The number of benzene rings is 1. The van der Waals surface area contributed by atoms with E-state index in [1.54, 1.807) is 25.1 Å². The number of thiophene rings is 1. The predicted molar refractivity (Wildman–Crippen MR) is 83.4 cm³/mol. The molecular weight excluding hydrogens is 291 g/mol. The monoisotopic (exact) mass is 310 g/mol. The lowest BCUT2D eigenvalue weighted by Crippen LogP contribution is -2.32. The molecule has 0 unspecified atom stereocenters. The zero-order chi connectivity index (χ0) is 15.4. The average Bonchev–Trinajstić information content (AvgIpc) is 2.84. The maximum Gasteiger partial charge on any atom is 0.264 e. The summed E-state index contributed by atoms with van der Waals surface area (Å²) < 4.78 is 20.0. The molecule has 0 saturated carbocycles. The van der Waals surface area contributed by atoms with Gasteiger partial charge in [0.1, 0.15) is 5.82 Å². The smallest absolute Gasteiger partial charge is 0.264 e. The van der Waals surface area contributed by atoms with Gasteiger partial charge in [-0.15, -0.1) is 11.3 Å². The number of fused-ring (bicyclic) bond motifs is 1. The highest BCUT2D eigenvalue weighted by molar-refractivity contribution is 7.21. The number of carbonyl (C=O) groups excluding carboxylic acids is 1. The standard InChI is InChI=1S/C15H19FN2O2S/c1-17-7-8-18(2)15(19)14-10(9-20-3)13-11(16)5-4-6-12(13)21-14/h4-6,17H,7-9H2,1-3H3. The fourth-order valence-electron chi connectivity index (χ4n) is 2.18. The molecule has 0 aliphatic carbocycles. The van der Waals surface area contributed by atoms with Gasteiger partial charge in [-0.2, -0.15) is 0 Å². The number of halogens is 1. The van der Waals surface area contributed by atoms with Crippen molar-refractivity contribution in [2.24, 2.45) is 0 Å². The van der Waals surface area contributed by atoms with E-state index in [0.717, 1.165) is 4.70 Å². The Kier molecular flexibility index (Phi) is 5.27. The van der Waals surface area contributed by atoms with Crippen molar-refractivity contribution in [1.82, 2.24) is 10.2 Å². The van der Waals surface area contributed by atoms with Crippen molar-refractivity contribution in [3.63, 3.8) is 0 Å². The van der Waals surface area contributed by atoms with Crippen molar-refractivity contribution in [1.29, 1.82) is 0 Å². The minimum atomic E-state index is -0.312. The van der Waals surface area contributed by atoms with Crippen LogP contribution in [-0.4, -0.2) is 45.1 Å². The number of rotatable bonds is 6. The van der Waals surface area contributed by atoms with Crippen LogP contribution < -0.4 is 5.32 Å². The molecule has 1 amide bonds. The van der Waals surface area contributed by atoms with E-state index in [0.29, 0.717) is 28.9 Å². The maximum atomic E-state index is 14.1. The first-order chi connectivity index (χ1) is 10.1. The molecule has 2 aromatic rings. The first kappa shape index (κ1) is 15.9. The number of hydrogen-bond acceptors (Lipinski definition) is 4. The molecule has 4 nitrogen and oxygen atoms in total. The quantitative estimate of drug-likeness (QED) is 0.891. The third kappa shape index (κ3) is 3.23. The molecule has 0 aliphatic rings. The van der Waals surface area contributed by atoms with Crippen molar-refractivity contribution in [2.75, 3.05) is 34.3 Å². The van der Waals surface area contributed by atoms with Gasteiger partial charge in [-0.1, -0.05) is 6.07 Å². The van der Waals surface area contributed by atoms with E-state index in [1.807, 2.05) is 13.1 Å². The first-order valence-corrected chi connectivity index (χ1v) is 7.50. The number of hydrogen-bond donors (Lipinski definition) is 1. The van der Waals surface area contributed by atoms with Gasteiger partial charge < -0.3 is 15.0 Å². The van der Waals surface area contributed by atoms with Crippen LogP contribution in [-0.2, 0) is 11.3 Å². The van der Waals surface area contributed by atoms with Crippen LogP contribution in [0.2, 0.25) is 0 Å². The fourth-order valence-corrected chi connectivity index (χ4v) is 3.39. The average molecular weight is 310 g/mol. The minimum absolute atomic E-state index is 0.0992. The summed E-state index contributed by atoms with van der Waals surface area (Å²) in [5, 5.41) is 3.50. The van der Waals surface area contributed by atoms with E-state index in [1.165, 1.54) is 17.4 Å². The molecule has 21 heavy (non-hydrogen) atoms. The Labute approximate surface area is 127 Å². The molecule has 0 radical (unpaired) electrons. The number of nitrogens with zero attached hydrogens (tertiary/aromatic N) is 1. The van der Waals surface area contributed by atoms with Crippen molar-refractivity contribution >= 4 is 27.3 Å². The van der Waals surface area contributed by atoms with Gasteiger partial charge in [-0.3, -0.25) is 4.79 Å². The largest absolute Gasteiger partial charge is 0.380 e. The lowest BCUT2D eigenvalue weighted by Gasteiger charge is -2.16. The molecule has 2 rings (SSSR count).